The number of pyridine rings is 1. The Bertz CT molecular complexity index is 857. The maximum atomic E-state index is 11.7. The number of rotatable bonds is 5. The summed E-state index contributed by atoms with van der Waals surface area (Å²) < 4.78 is 5.26. The number of methoxy groups -OCH3 is 1. The summed E-state index contributed by atoms with van der Waals surface area (Å²) in [6.45, 7) is 2.01. The van der Waals surface area contributed by atoms with E-state index in [0.717, 1.165) is 16.7 Å². The molecule has 0 saturated carbocycles. The van der Waals surface area contributed by atoms with Gasteiger partial charge in [-0.2, -0.15) is 0 Å². The predicted octanol–water partition coefficient (Wildman–Crippen LogP) is 2.84. The van der Waals surface area contributed by atoms with Crippen molar-refractivity contribution in [1.82, 2.24) is 9.97 Å². The highest BCUT2D eigenvalue weighted by Crippen LogP contribution is 2.29. The van der Waals surface area contributed by atoms with Gasteiger partial charge in [0.2, 0.25) is 0 Å². The van der Waals surface area contributed by atoms with Crippen molar-refractivity contribution in [1.29, 1.82) is 0 Å². The highest BCUT2D eigenvalue weighted by Gasteiger charge is 2.16. The molecule has 118 valence electrons. The standard InChI is InChI=1S/C17H18N4O2/c1-10(11-4-3-5-12(8-11)23-2)21-15-13-6-7-19-17(13)20-9-14(15)16(18)22/h3-10H,1-2H3,(H2,18,22)(H2,19,20,21)/t10-/m1/s1. The first-order chi connectivity index (χ1) is 11.1. The van der Waals surface area contributed by atoms with Crippen LogP contribution in [-0.4, -0.2) is 23.0 Å². The van der Waals surface area contributed by atoms with Gasteiger partial charge in [-0.15, -0.1) is 0 Å². The number of H-pyrrole nitrogens is 1. The van der Waals surface area contributed by atoms with Gasteiger partial charge >= 0.3 is 0 Å². The fraction of sp³-hybridized carbons (Fsp3) is 0.176. The van der Waals surface area contributed by atoms with Crippen molar-refractivity contribution in [2.24, 2.45) is 5.73 Å². The molecule has 23 heavy (non-hydrogen) atoms. The lowest BCUT2D eigenvalue weighted by Gasteiger charge is -2.19. The largest absolute Gasteiger partial charge is 0.497 e. The van der Waals surface area contributed by atoms with E-state index in [1.165, 1.54) is 6.20 Å². The number of carbonyl (C=O) groups excluding carboxylic acids is 1. The van der Waals surface area contributed by atoms with Crippen LogP contribution in [0.15, 0.2) is 42.7 Å². The van der Waals surface area contributed by atoms with Crippen LogP contribution in [0.4, 0.5) is 5.69 Å². The van der Waals surface area contributed by atoms with E-state index in [2.05, 4.69) is 15.3 Å². The summed E-state index contributed by atoms with van der Waals surface area (Å²) in [6.07, 6.45) is 3.27. The zero-order valence-corrected chi connectivity index (χ0v) is 13.0. The molecular weight excluding hydrogens is 292 g/mol. The molecule has 0 spiro atoms. The van der Waals surface area contributed by atoms with E-state index in [9.17, 15) is 4.79 Å². The molecule has 1 aromatic carbocycles. The second-order valence-electron chi connectivity index (χ2n) is 5.29. The Morgan fingerprint density at radius 3 is 2.96 bits per heavy atom. The van der Waals surface area contributed by atoms with E-state index < -0.39 is 5.91 Å². The molecule has 0 unspecified atom stereocenters. The van der Waals surface area contributed by atoms with Crippen molar-refractivity contribution >= 4 is 22.6 Å². The van der Waals surface area contributed by atoms with Crippen LogP contribution in [0.5, 0.6) is 5.75 Å². The van der Waals surface area contributed by atoms with Crippen molar-refractivity contribution in [3.63, 3.8) is 0 Å². The van der Waals surface area contributed by atoms with E-state index in [1.54, 1.807) is 13.3 Å². The van der Waals surface area contributed by atoms with Gasteiger partial charge < -0.3 is 20.8 Å². The van der Waals surface area contributed by atoms with Gasteiger partial charge in [-0.25, -0.2) is 4.98 Å². The molecule has 0 radical (unpaired) electrons. The minimum absolute atomic E-state index is 0.0382. The monoisotopic (exact) mass is 310 g/mol. The number of aromatic nitrogens is 2. The average molecular weight is 310 g/mol. The van der Waals surface area contributed by atoms with Gasteiger partial charge in [0, 0.05) is 23.8 Å². The van der Waals surface area contributed by atoms with Gasteiger partial charge in [0.05, 0.1) is 18.4 Å². The molecule has 3 rings (SSSR count). The van der Waals surface area contributed by atoms with Crippen molar-refractivity contribution in [3.05, 3.63) is 53.9 Å². The first kappa shape index (κ1) is 14.9. The van der Waals surface area contributed by atoms with E-state index in [4.69, 9.17) is 10.5 Å². The summed E-state index contributed by atoms with van der Waals surface area (Å²) in [6, 6.07) is 9.61. The SMILES string of the molecule is COc1cccc([C@@H](C)Nc2c(C(N)=O)cnc3[nH]ccc23)c1. The number of hydrogen-bond donors (Lipinski definition) is 3. The molecule has 1 amide bonds. The zero-order chi connectivity index (χ0) is 16.4. The molecule has 3 aromatic rings. The summed E-state index contributed by atoms with van der Waals surface area (Å²) >= 11 is 0. The molecule has 0 aliphatic heterocycles. The third kappa shape index (κ3) is 2.83. The highest BCUT2D eigenvalue weighted by molar-refractivity contribution is 6.05. The molecular formula is C17H18N4O2. The van der Waals surface area contributed by atoms with Crippen LogP contribution in [0.25, 0.3) is 11.0 Å². The number of nitrogens with two attached hydrogens (primary N) is 1. The van der Waals surface area contributed by atoms with E-state index in [0.29, 0.717) is 16.9 Å². The maximum Gasteiger partial charge on any atom is 0.252 e. The van der Waals surface area contributed by atoms with Crippen LogP contribution in [0.1, 0.15) is 28.9 Å². The minimum atomic E-state index is -0.513. The molecule has 2 heterocycles. The van der Waals surface area contributed by atoms with Crippen molar-refractivity contribution in [2.45, 2.75) is 13.0 Å². The maximum absolute atomic E-state index is 11.7. The van der Waals surface area contributed by atoms with Crippen molar-refractivity contribution in [2.75, 3.05) is 12.4 Å². The van der Waals surface area contributed by atoms with Gasteiger partial charge in [-0.05, 0) is 30.7 Å². The number of benzene rings is 1. The third-order valence-electron chi connectivity index (χ3n) is 3.81. The molecule has 0 aliphatic carbocycles. The third-order valence-corrected chi connectivity index (χ3v) is 3.81. The molecule has 0 bridgehead atoms. The number of anilines is 1. The molecule has 6 nitrogen and oxygen atoms in total. The number of aromatic amines is 1. The second kappa shape index (κ2) is 6.00. The van der Waals surface area contributed by atoms with Gasteiger partial charge in [-0.3, -0.25) is 4.79 Å². The molecule has 0 aliphatic rings. The second-order valence-corrected chi connectivity index (χ2v) is 5.29. The van der Waals surface area contributed by atoms with Crippen LogP contribution < -0.4 is 15.8 Å². The Balaban J connectivity index is 2.01. The van der Waals surface area contributed by atoms with Crippen molar-refractivity contribution in [3.8, 4) is 5.75 Å². The smallest absolute Gasteiger partial charge is 0.252 e. The topological polar surface area (TPSA) is 93.0 Å². The Labute approximate surface area is 133 Å². The molecule has 2 aromatic heterocycles. The van der Waals surface area contributed by atoms with E-state index in [1.807, 2.05) is 37.3 Å². The fourth-order valence-corrected chi connectivity index (χ4v) is 2.56. The van der Waals surface area contributed by atoms with Gasteiger partial charge in [-0.1, -0.05) is 12.1 Å². The number of nitrogens with zero attached hydrogens (tertiary/aromatic N) is 1. The highest BCUT2D eigenvalue weighted by atomic mass is 16.5. The van der Waals surface area contributed by atoms with Gasteiger partial charge in [0.1, 0.15) is 11.4 Å². The Morgan fingerprint density at radius 1 is 1.39 bits per heavy atom. The summed E-state index contributed by atoms with van der Waals surface area (Å²) in [7, 11) is 1.63. The number of primary amides is 1. The van der Waals surface area contributed by atoms with Gasteiger partial charge in [0.15, 0.2) is 0 Å². The van der Waals surface area contributed by atoms with Crippen LogP contribution >= 0.6 is 0 Å². The Morgan fingerprint density at radius 2 is 2.22 bits per heavy atom. The zero-order valence-electron chi connectivity index (χ0n) is 13.0. The lowest BCUT2D eigenvalue weighted by Crippen LogP contribution is -2.16. The number of nitrogens with one attached hydrogen (secondary N) is 2. The van der Waals surface area contributed by atoms with Crippen LogP contribution in [-0.2, 0) is 0 Å². The molecule has 6 heteroatoms. The summed E-state index contributed by atoms with van der Waals surface area (Å²) in [5.41, 5.74) is 8.28. The van der Waals surface area contributed by atoms with Crippen molar-refractivity contribution < 1.29 is 9.53 Å². The van der Waals surface area contributed by atoms with Crippen LogP contribution in [0.2, 0.25) is 0 Å². The fourth-order valence-electron chi connectivity index (χ4n) is 2.56. The lowest BCUT2D eigenvalue weighted by molar-refractivity contribution is 0.100. The Kier molecular flexibility index (Phi) is 3.89. The van der Waals surface area contributed by atoms with Gasteiger partial charge in [0.25, 0.3) is 5.91 Å². The first-order valence-corrected chi connectivity index (χ1v) is 7.26. The lowest BCUT2D eigenvalue weighted by atomic mass is 10.1. The molecule has 4 N–H and O–H groups in total. The van der Waals surface area contributed by atoms with Crippen LogP contribution in [0.3, 0.4) is 0 Å². The number of ether oxygens (including phenoxy) is 1. The number of hydrogen-bond acceptors (Lipinski definition) is 4. The quantitative estimate of drug-likeness (QED) is 0.675. The number of amides is 1. The number of fused-ring (bicyclic) bond motifs is 1. The normalized spacial score (nSPS) is 12.1. The molecule has 0 saturated heterocycles. The minimum Gasteiger partial charge on any atom is -0.497 e. The predicted molar refractivity (Wildman–Crippen MR) is 89.6 cm³/mol. The Hall–Kier alpha value is -3.02. The van der Waals surface area contributed by atoms with E-state index in [-0.39, 0.29) is 6.04 Å². The summed E-state index contributed by atoms with van der Waals surface area (Å²) in [4.78, 5) is 19.0. The molecule has 0 fully saturated rings. The van der Waals surface area contributed by atoms with E-state index >= 15 is 0 Å². The summed E-state index contributed by atoms with van der Waals surface area (Å²) in [5.74, 6) is 0.272. The summed E-state index contributed by atoms with van der Waals surface area (Å²) in [5, 5.41) is 4.20. The first-order valence-electron chi connectivity index (χ1n) is 7.26. The molecule has 1 atom stereocenters. The van der Waals surface area contributed by atoms with Crippen LogP contribution in [0, 0.1) is 0 Å². The average Bonchev–Trinajstić information content (AvgIpc) is 3.04. The number of carbonyl (C=O) groups is 1.